The molecule has 0 fully saturated rings. The number of carbonyl (C=O) groups excluding carboxylic acids is 3. The van der Waals surface area contributed by atoms with Crippen molar-refractivity contribution in [3.8, 4) is 0 Å². The Balaban J connectivity index is 2.89. The van der Waals surface area contributed by atoms with Crippen molar-refractivity contribution < 1.29 is 19.1 Å². The average molecular weight is 319 g/mol. The number of esters is 1. The minimum Gasteiger partial charge on any atom is -0.461 e. The number of pyridine rings is 1. The zero-order valence-corrected chi connectivity index (χ0v) is 13.8. The Bertz CT molecular complexity index is 604. The molecule has 0 aliphatic heterocycles. The highest BCUT2D eigenvalue weighted by atomic mass is 16.5. The molecule has 124 valence electrons. The molecule has 0 aliphatic rings. The van der Waals surface area contributed by atoms with Gasteiger partial charge >= 0.3 is 5.97 Å². The Labute approximate surface area is 135 Å². The predicted octanol–water partition coefficient (Wildman–Crippen LogP) is 1.74. The van der Waals surface area contributed by atoms with Gasteiger partial charge in [-0.05, 0) is 19.1 Å². The molecule has 0 aromatic carbocycles. The normalized spacial score (nSPS) is 11.7. The summed E-state index contributed by atoms with van der Waals surface area (Å²) in [6, 6.07) is 4.84. The van der Waals surface area contributed by atoms with Gasteiger partial charge in [-0.15, -0.1) is 0 Å². The maximum atomic E-state index is 12.1. The summed E-state index contributed by atoms with van der Waals surface area (Å²) in [6.07, 6.45) is 1.25. The van der Waals surface area contributed by atoms with E-state index in [1.165, 1.54) is 12.3 Å². The fourth-order valence-electron chi connectivity index (χ4n) is 1.46. The maximum absolute atomic E-state index is 12.1. The largest absolute Gasteiger partial charge is 0.461 e. The molecule has 1 N–H and O–H groups in total. The van der Waals surface area contributed by atoms with Crippen LogP contribution in [0.3, 0.4) is 0 Å². The van der Waals surface area contributed by atoms with Crippen LogP contribution in [0.5, 0.6) is 0 Å². The van der Waals surface area contributed by atoms with Gasteiger partial charge in [0.2, 0.25) is 0 Å². The summed E-state index contributed by atoms with van der Waals surface area (Å²) in [7, 11) is 0. The van der Waals surface area contributed by atoms with Crippen LogP contribution >= 0.6 is 0 Å². The quantitative estimate of drug-likeness (QED) is 0.489. The number of ketones is 1. The van der Waals surface area contributed by atoms with Crippen LogP contribution < -0.4 is 5.43 Å². The second kappa shape index (κ2) is 8.17. The van der Waals surface area contributed by atoms with Crippen LogP contribution in [0.25, 0.3) is 0 Å². The molecule has 0 atom stereocenters. The monoisotopic (exact) mass is 319 g/mol. The van der Waals surface area contributed by atoms with Crippen molar-refractivity contribution in [2.24, 2.45) is 10.5 Å². The zero-order chi connectivity index (χ0) is 17.5. The minimum atomic E-state index is -0.730. The van der Waals surface area contributed by atoms with Crippen molar-refractivity contribution in [3.05, 3.63) is 30.1 Å². The first kappa shape index (κ1) is 18.5. The lowest BCUT2D eigenvalue weighted by Gasteiger charge is -2.16. The van der Waals surface area contributed by atoms with E-state index in [4.69, 9.17) is 4.74 Å². The lowest BCUT2D eigenvalue weighted by Crippen LogP contribution is -2.30. The third-order valence-corrected chi connectivity index (χ3v) is 2.87. The van der Waals surface area contributed by atoms with Crippen molar-refractivity contribution >= 4 is 23.4 Å². The summed E-state index contributed by atoms with van der Waals surface area (Å²) < 4.78 is 4.87. The second-order valence-corrected chi connectivity index (χ2v) is 5.78. The van der Waals surface area contributed by atoms with Gasteiger partial charge in [0.1, 0.15) is 11.5 Å². The Hall–Kier alpha value is -2.57. The van der Waals surface area contributed by atoms with Gasteiger partial charge in [0, 0.05) is 11.6 Å². The molecule has 1 amide bonds. The van der Waals surface area contributed by atoms with Crippen LogP contribution in [0, 0.1) is 5.41 Å². The standard InChI is InChI=1S/C16H21N3O4/c1-5-23-15(22)12(10-13(20)16(2,3)4)18-19-14(21)11-8-6-7-9-17-11/h6-9H,5,10H2,1-4H3,(H,19,21)/b18-12-. The van der Waals surface area contributed by atoms with E-state index in [2.05, 4.69) is 15.5 Å². The van der Waals surface area contributed by atoms with E-state index in [1.54, 1.807) is 39.8 Å². The number of hydrogen-bond donors (Lipinski definition) is 1. The van der Waals surface area contributed by atoms with E-state index in [0.717, 1.165) is 0 Å². The Morgan fingerprint density at radius 1 is 1.26 bits per heavy atom. The Morgan fingerprint density at radius 2 is 1.96 bits per heavy atom. The van der Waals surface area contributed by atoms with Crippen molar-refractivity contribution in [1.29, 1.82) is 0 Å². The highest BCUT2D eigenvalue weighted by Crippen LogP contribution is 2.17. The van der Waals surface area contributed by atoms with Crippen molar-refractivity contribution in [1.82, 2.24) is 10.4 Å². The number of aromatic nitrogens is 1. The predicted molar refractivity (Wildman–Crippen MR) is 84.9 cm³/mol. The minimum absolute atomic E-state index is 0.143. The summed E-state index contributed by atoms with van der Waals surface area (Å²) in [4.78, 5) is 39.7. The molecule has 1 heterocycles. The van der Waals surface area contributed by atoms with Crippen LogP contribution in [0.1, 0.15) is 44.6 Å². The maximum Gasteiger partial charge on any atom is 0.354 e. The molecule has 0 aliphatic carbocycles. The van der Waals surface area contributed by atoms with E-state index in [0.29, 0.717) is 0 Å². The molecular weight excluding hydrogens is 298 g/mol. The summed E-state index contributed by atoms with van der Waals surface area (Å²) in [5, 5.41) is 3.75. The number of nitrogens with one attached hydrogen (secondary N) is 1. The van der Waals surface area contributed by atoms with E-state index in [-0.39, 0.29) is 30.2 Å². The first-order valence-electron chi connectivity index (χ1n) is 7.24. The zero-order valence-electron chi connectivity index (χ0n) is 13.8. The number of rotatable bonds is 6. The molecule has 1 rings (SSSR count). The van der Waals surface area contributed by atoms with Gasteiger partial charge in [0.05, 0.1) is 13.0 Å². The van der Waals surface area contributed by atoms with Crippen molar-refractivity contribution in [2.45, 2.75) is 34.1 Å². The molecule has 0 bridgehead atoms. The van der Waals surface area contributed by atoms with E-state index in [9.17, 15) is 14.4 Å². The van der Waals surface area contributed by atoms with Crippen LogP contribution in [-0.4, -0.2) is 35.0 Å². The lowest BCUT2D eigenvalue weighted by atomic mass is 9.88. The number of hydrazone groups is 1. The number of amides is 1. The summed E-state index contributed by atoms with van der Waals surface area (Å²) in [5.74, 6) is -1.49. The van der Waals surface area contributed by atoms with Gasteiger partial charge in [0.15, 0.2) is 5.71 Å². The second-order valence-electron chi connectivity index (χ2n) is 5.78. The highest BCUT2D eigenvalue weighted by molar-refractivity contribution is 6.40. The van der Waals surface area contributed by atoms with E-state index >= 15 is 0 Å². The molecule has 23 heavy (non-hydrogen) atoms. The molecule has 7 heteroatoms. The molecule has 0 saturated heterocycles. The van der Waals surface area contributed by atoms with Gasteiger partial charge in [-0.25, -0.2) is 10.2 Å². The van der Waals surface area contributed by atoms with Crippen molar-refractivity contribution in [3.63, 3.8) is 0 Å². The van der Waals surface area contributed by atoms with Gasteiger partial charge in [0.25, 0.3) is 5.91 Å². The third kappa shape index (κ3) is 5.98. The summed E-state index contributed by atoms with van der Waals surface area (Å²) >= 11 is 0. The summed E-state index contributed by atoms with van der Waals surface area (Å²) in [5.41, 5.74) is 1.61. The molecular formula is C16H21N3O4. The molecule has 0 radical (unpaired) electrons. The first-order valence-corrected chi connectivity index (χ1v) is 7.24. The van der Waals surface area contributed by atoms with Gasteiger partial charge in [-0.2, -0.15) is 5.10 Å². The number of ether oxygens (including phenoxy) is 1. The fraction of sp³-hybridized carbons (Fsp3) is 0.438. The lowest BCUT2D eigenvalue weighted by molar-refractivity contribution is -0.136. The number of Topliss-reactive ketones (excluding diaryl/α,β-unsaturated/α-hetero) is 1. The van der Waals surface area contributed by atoms with E-state index < -0.39 is 17.3 Å². The van der Waals surface area contributed by atoms with Crippen LogP contribution in [0.2, 0.25) is 0 Å². The van der Waals surface area contributed by atoms with Crippen LogP contribution in [0.4, 0.5) is 0 Å². The molecule has 0 spiro atoms. The first-order chi connectivity index (χ1) is 10.8. The van der Waals surface area contributed by atoms with E-state index in [1.807, 2.05) is 0 Å². The Morgan fingerprint density at radius 3 is 2.48 bits per heavy atom. The highest BCUT2D eigenvalue weighted by Gasteiger charge is 2.26. The van der Waals surface area contributed by atoms with Crippen LogP contribution in [0.15, 0.2) is 29.5 Å². The van der Waals surface area contributed by atoms with Gasteiger partial charge in [-0.1, -0.05) is 26.8 Å². The van der Waals surface area contributed by atoms with Gasteiger partial charge in [-0.3, -0.25) is 14.6 Å². The summed E-state index contributed by atoms with van der Waals surface area (Å²) in [6.45, 7) is 7.02. The molecule has 1 aromatic heterocycles. The molecule has 7 nitrogen and oxygen atoms in total. The SMILES string of the molecule is CCOC(=O)/C(CC(=O)C(C)(C)C)=N\NC(=O)c1ccccn1. The smallest absolute Gasteiger partial charge is 0.354 e. The topological polar surface area (TPSA) is 97.7 Å². The number of nitrogens with zero attached hydrogens (tertiary/aromatic N) is 2. The molecule has 0 unspecified atom stereocenters. The molecule has 0 saturated carbocycles. The number of hydrogen-bond acceptors (Lipinski definition) is 6. The average Bonchev–Trinajstić information content (AvgIpc) is 2.50. The fourth-order valence-corrected chi connectivity index (χ4v) is 1.46. The van der Waals surface area contributed by atoms with Crippen LogP contribution in [-0.2, 0) is 14.3 Å². The molecule has 1 aromatic rings. The number of carbonyl (C=O) groups is 3. The Kier molecular flexibility index (Phi) is 6.56. The van der Waals surface area contributed by atoms with Gasteiger partial charge < -0.3 is 4.74 Å². The van der Waals surface area contributed by atoms with Crippen molar-refractivity contribution in [2.75, 3.05) is 6.61 Å². The third-order valence-electron chi connectivity index (χ3n) is 2.87.